The number of rotatable bonds is 10. The van der Waals surface area contributed by atoms with Crippen molar-refractivity contribution in [2.75, 3.05) is 24.0 Å². The molecule has 1 spiro atoms. The Morgan fingerprint density at radius 2 is 0.737 bits per heavy atom. The van der Waals surface area contributed by atoms with Crippen molar-refractivity contribution in [2.24, 2.45) is 0 Å². The maximum Gasteiger partial charge on any atom is 0.119 e. The van der Waals surface area contributed by atoms with Gasteiger partial charge in [-0.2, -0.15) is 0 Å². The van der Waals surface area contributed by atoms with Crippen LogP contribution >= 0.6 is 11.8 Å². The van der Waals surface area contributed by atoms with Gasteiger partial charge in [0.1, 0.15) is 11.5 Å². The number of aromatic nitrogens is 2. The molecule has 0 N–H and O–H groups in total. The van der Waals surface area contributed by atoms with E-state index in [4.69, 9.17) is 9.47 Å². The lowest BCUT2D eigenvalue weighted by Crippen LogP contribution is -2.32. The third-order valence-electron chi connectivity index (χ3n) is 16.2. The summed E-state index contributed by atoms with van der Waals surface area (Å²) in [7, 11) is 3.46. The maximum atomic E-state index is 5.73. The van der Waals surface area contributed by atoms with Gasteiger partial charge in [-0.15, -0.1) is 0 Å². The van der Waals surface area contributed by atoms with E-state index in [1.165, 1.54) is 97.9 Å². The minimum atomic E-state index is -0.667. The van der Waals surface area contributed by atoms with Crippen molar-refractivity contribution in [3.8, 4) is 22.6 Å². The van der Waals surface area contributed by atoms with Crippen molar-refractivity contribution < 1.29 is 9.47 Å². The summed E-state index contributed by atoms with van der Waals surface area (Å²) in [6, 6.07) is 77.2. The molecule has 1 aliphatic carbocycles. The number of anilines is 6. The number of methoxy groups -OCH3 is 2. The quantitative estimate of drug-likeness (QED) is 0.136. The Kier molecular flexibility index (Phi) is 10.7. The Morgan fingerprint density at radius 3 is 1.14 bits per heavy atom. The lowest BCUT2D eigenvalue weighted by atomic mass is 9.67. The van der Waals surface area contributed by atoms with E-state index in [9.17, 15) is 0 Å². The zero-order chi connectivity index (χ0) is 51.4. The van der Waals surface area contributed by atoms with Gasteiger partial charge in [0.25, 0.3) is 0 Å². The van der Waals surface area contributed by atoms with Crippen LogP contribution in [0.1, 0.15) is 47.2 Å². The molecule has 0 unspecified atom stereocenters. The molecule has 76 heavy (non-hydrogen) atoms. The summed E-state index contributed by atoms with van der Waals surface area (Å²) in [5.74, 6) is 1.64. The third kappa shape index (κ3) is 6.81. The molecule has 0 saturated heterocycles. The number of hydrogen-bond donors (Lipinski definition) is 0. The standard InChI is InChI=1S/C69H56N4O2S/c1-7-70-63-37-43(3)17-31-55(63)57-35-25-49(41-65(57)70)72(45-19-27-51(74-5)28-20-45)47-23-33-53-54-34-24-48(40-62(54)69(61(53)39-47)59-13-9-11-15-67(59)76-68-16-12-10-14-60(68)69)73(46-21-29-52(75-6)30-22-46)50-26-36-58-56-32-18-44(4)38-64(56)71(8-2)66(58)42-50/h9-42H,7-8H2,1-6H3. The molecule has 2 aliphatic rings. The Labute approximate surface area is 448 Å². The zero-order valence-electron chi connectivity index (χ0n) is 43.6. The molecule has 0 amide bonds. The molecule has 7 heteroatoms. The van der Waals surface area contributed by atoms with E-state index in [-0.39, 0.29) is 0 Å². The third-order valence-corrected chi connectivity index (χ3v) is 17.4. The minimum absolute atomic E-state index is 0.667. The van der Waals surface area contributed by atoms with Gasteiger partial charge in [0.15, 0.2) is 0 Å². The summed E-state index contributed by atoms with van der Waals surface area (Å²) >= 11 is 1.87. The van der Waals surface area contributed by atoms with E-state index in [0.717, 1.165) is 58.7 Å². The molecule has 0 radical (unpaired) electrons. The Bertz CT molecular complexity index is 4020. The minimum Gasteiger partial charge on any atom is -0.497 e. The number of nitrogens with zero attached hydrogens (tertiary/aromatic N) is 4. The zero-order valence-corrected chi connectivity index (χ0v) is 44.4. The number of aryl methyl sites for hydroxylation is 4. The Balaban J connectivity index is 1.01. The summed E-state index contributed by atoms with van der Waals surface area (Å²) in [5, 5.41) is 5.07. The summed E-state index contributed by atoms with van der Waals surface area (Å²) < 4.78 is 16.4. The molecule has 3 heterocycles. The first kappa shape index (κ1) is 45.9. The fourth-order valence-corrected chi connectivity index (χ4v) is 14.0. The van der Waals surface area contributed by atoms with Gasteiger partial charge < -0.3 is 28.4 Å². The molecular formula is C69H56N4O2S. The van der Waals surface area contributed by atoms with Crippen molar-refractivity contribution in [3.63, 3.8) is 0 Å². The second-order valence-electron chi connectivity index (χ2n) is 20.3. The van der Waals surface area contributed by atoms with Gasteiger partial charge in [-0.05, 0) is 194 Å². The van der Waals surface area contributed by atoms with Crippen molar-refractivity contribution in [1.82, 2.24) is 9.13 Å². The monoisotopic (exact) mass is 1000 g/mol. The molecule has 1 aliphatic heterocycles. The first-order valence-corrected chi connectivity index (χ1v) is 27.2. The summed E-state index contributed by atoms with van der Waals surface area (Å²) in [4.78, 5) is 7.38. The van der Waals surface area contributed by atoms with Crippen LogP contribution in [-0.4, -0.2) is 23.4 Å². The van der Waals surface area contributed by atoms with E-state index in [1.807, 2.05) is 11.8 Å². The number of hydrogen-bond acceptors (Lipinski definition) is 5. The topological polar surface area (TPSA) is 34.8 Å². The van der Waals surface area contributed by atoms with Crippen molar-refractivity contribution >= 4 is 89.5 Å². The fraction of sp³-hybridized carbons (Fsp3) is 0.130. The van der Waals surface area contributed by atoms with Crippen LogP contribution in [0.25, 0.3) is 54.7 Å². The van der Waals surface area contributed by atoms with Gasteiger partial charge in [-0.25, -0.2) is 0 Å². The first-order valence-electron chi connectivity index (χ1n) is 26.4. The van der Waals surface area contributed by atoms with E-state index < -0.39 is 5.41 Å². The summed E-state index contributed by atoms with van der Waals surface area (Å²) in [6.07, 6.45) is 0. The van der Waals surface area contributed by atoms with Crippen LogP contribution < -0.4 is 19.3 Å². The summed E-state index contributed by atoms with van der Waals surface area (Å²) in [5.41, 5.74) is 20.8. The normalized spacial score (nSPS) is 13.0. The second kappa shape index (κ2) is 17.7. The molecule has 0 bridgehead atoms. The molecule has 14 rings (SSSR count). The van der Waals surface area contributed by atoms with Crippen LogP contribution in [0.15, 0.2) is 216 Å². The van der Waals surface area contributed by atoms with E-state index >= 15 is 0 Å². The molecule has 6 nitrogen and oxygen atoms in total. The lowest BCUT2D eigenvalue weighted by Gasteiger charge is -2.40. The van der Waals surface area contributed by atoms with Crippen molar-refractivity contribution in [3.05, 3.63) is 240 Å². The predicted octanol–water partition coefficient (Wildman–Crippen LogP) is 18.3. The van der Waals surface area contributed by atoms with Gasteiger partial charge in [0.2, 0.25) is 0 Å². The SMILES string of the molecule is CCn1c2cc(C)ccc2c2ccc(N(c3ccc(OC)cc3)c3ccc4c(c3)C3(c5ccccc5Sc5ccccc53)c3cc(N(c5ccc(OC)cc5)c5ccc6c7ccc(C)cc7n(CC)c6c5)ccc3-4)cc21. The number of fused-ring (bicyclic) bond motifs is 15. The predicted molar refractivity (Wildman–Crippen MR) is 317 cm³/mol. The average Bonchev–Trinajstić information content (AvgIpc) is 4.26. The van der Waals surface area contributed by atoms with E-state index in [2.05, 4.69) is 253 Å². The van der Waals surface area contributed by atoms with E-state index in [1.54, 1.807) is 14.2 Å². The molecule has 0 saturated carbocycles. The lowest BCUT2D eigenvalue weighted by molar-refractivity contribution is 0.414. The highest BCUT2D eigenvalue weighted by Crippen LogP contribution is 2.63. The first-order chi connectivity index (χ1) is 37.3. The van der Waals surface area contributed by atoms with Crippen molar-refractivity contribution in [1.29, 1.82) is 0 Å². The maximum absolute atomic E-state index is 5.73. The Hall–Kier alpha value is -8.65. The van der Waals surface area contributed by atoms with Crippen LogP contribution in [0.3, 0.4) is 0 Å². The second-order valence-corrected chi connectivity index (χ2v) is 21.4. The molecular weight excluding hydrogens is 949 g/mol. The summed E-state index contributed by atoms with van der Waals surface area (Å²) in [6.45, 7) is 10.6. The van der Waals surface area contributed by atoms with Gasteiger partial charge in [-0.1, -0.05) is 96.7 Å². The molecule has 2 aromatic heterocycles. The molecule has 10 aromatic carbocycles. The van der Waals surface area contributed by atoms with Gasteiger partial charge in [0, 0.05) is 89.6 Å². The highest BCUT2D eigenvalue weighted by Gasteiger charge is 2.51. The Morgan fingerprint density at radius 1 is 0.382 bits per heavy atom. The van der Waals surface area contributed by atoms with Crippen LogP contribution in [0.4, 0.5) is 34.1 Å². The highest BCUT2D eigenvalue weighted by molar-refractivity contribution is 7.99. The molecule has 0 fully saturated rings. The fourth-order valence-electron chi connectivity index (χ4n) is 12.9. The van der Waals surface area contributed by atoms with Gasteiger partial charge >= 0.3 is 0 Å². The molecule has 12 aromatic rings. The van der Waals surface area contributed by atoms with Crippen LogP contribution in [0, 0.1) is 13.8 Å². The van der Waals surface area contributed by atoms with Crippen LogP contribution in [0.5, 0.6) is 11.5 Å². The molecule has 370 valence electrons. The van der Waals surface area contributed by atoms with Gasteiger partial charge in [0.05, 0.1) is 30.7 Å². The molecule has 0 atom stereocenters. The smallest absolute Gasteiger partial charge is 0.119 e. The highest BCUT2D eigenvalue weighted by atomic mass is 32.2. The van der Waals surface area contributed by atoms with Crippen LogP contribution in [-0.2, 0) is 18.5 Å². The number of ether oxygens (including phenoxy) is 2. The average molecular weight is 1010 g/mol. The van der Waals surface area contributed by atoms with E-state index in [0.29, 0.717) is 0 Å². The van der Waals surface area contributed by atoms with Crippen molar-refractivity contribution in [2.45, 2.75) is 56.0 Å². The van der Waals surface area contributed by atoms with Gasteiger partial charge in [-0.3, -0.25) is 0 Å². The number of benzene rings is 10. The largest absolute Gasteiger partial charge is 0.497 e. The van der Waals surface area contributed by atoms with Crippen LogP contribution in [0.2, 0.25) is 0 Å².